The van der Waals surface area contributed by atoms with Crippen LogP contribution < -0.4 is 21.7 Å². The largest absolute Gasteiger partial charge is 0.369 e. The Morgan fingerprint density at radius 1 is 1.00 bits per heavy atom. The standard InChI is InChI=1S/C20H32N4O3/c1-3-4-5-9-13-23-20(27)24-17(15(2)18(21)25)19(26)22-14-12-16-10-7-6-8-11-16/h6-8,10-11,15,17H,3-5,9,12-14H2,1-2H3,(H2,21,25)(H,22,26)(H2,23,24,27)/t15-,17?/m1/s1. The molecular formula is C20H32N4O3. The molecule has 1 aromatic rings. The van der Waals surface area contributed by atoms with Crippen LogP contribution in [0.3, 0.4) is 0 Å². The molecule has 0 aromatic heterocycles. The van der Waals surface area contributed by atoms with Gasteiger partial charge in [-0.15, -0.1) is 0 Å². The molecule has 0 fully saturated rings. The zero-order valence-electron chi connectivity index (χ0n) is 16.3. The van der Waals surface area contributed by atoms with E-state index in [2.05, 4.69) is 22.9 Å². The SMILES string of the molecule is CCCCCCNC(=O)NC(C(=O)NCCc1ccccc1)[C@@H](C)C(N)=O. The molecule has 0 bridgehead atoms. The van der Waals surface area contributed by atoms with Crippen molar-refractivity contribution >= 4 is 17.8 Å². The van der Waals surface area contributed by atoms with Gasteiger partial charge in [0.2, 0.25) is 11.8 Å². The van der Waals surface area contributed by atoms with Crippen molar-refractivity contribution in [1.82, 2.24) is 16.0 Å². The summed E-state index contributed by atoms with van der Waals surface area (Å²) in [5.41, 5.74) is 6.43. The lowest BCUT2D eigenvalue weighted by molar-refractivity contribution is -0.130. The lowest BCUT2D eigenvalue weighted by Crippen LogP contribution is -2.55. The van der Waals surface area contributed by atoms with E-state index in [9.17, 15) is 14.4 Å². The van der Waals surface area contributed by atoms with Gasteiger partial charge in [-0.2, -0.15) is 0 Å². The van der Waals surface area contributed by atoms with Gasteiger partial charge in [0.05, 0.1) is 5.92 Å². The average Bonchev–Trinajstić information content (AvgIpc) is 2.66. The summed E-state index contributed by atoms with van der Waals surface area (Å²) >= 11 is 0. The highest BCUT2D eigenvalue weighted by Crippen LogP contribution is 2.04. The topological polar surface area (TPSA) is 113 Å². The molecule has 0 heterocycles. The number of amides is 4. The number of benzene rings is 1. The van der Waals surface area contributed by atoms with Gasteiger partial charge >= 0.3 is 6.03 Å². The monoisotopic (exact) mass is 376 g/mol. The van der Waals surface area contributed by atoms with Crippen molar-refractivity contribution in [3.63, 3.8) is 0 Å². The Balaban J connectivity index is 2.50. The highest BCUT2D eigenvalue weighted by Gasteiger charge is 2.30. The Kier molecular flexibility index (Phi) is 10.6. The van der Waals surface area contributed by atoms with Gasteiger partial charge in [-0.3, -0.25) is 9.59 Å². The van der Waals surface area contributed by atoms with Crippen LogP contribution >= 0.6 is 0 Å². The van der Waals surface area contributed by atoms with Gasteiger partial charge in [0.25, 0.3) is 0 Å². The molecule has 27 heavy (non-hydrogen) atoms. The molecule has 150 valence electrons. The highest BCUT2D eigenvalue weighted by atomic mass is 16.2. The Labute approximate surface area is 161 Å². The number of nitrogens with two attached hydrogens (primary N) is 1. The van der Waals surface area contributed by atoms with Crippen LogP contribution in [0.1, 0.15) is 45.1 Å². The van der Waals surface area contributed by atoms with Crippen molar-refractivity contribution in [3.8, 4) is 0 Å². The Morgan fingerprint density at radius 3 is 2.33 bits per heavy atom. The molecular weight excluding hydrogens is 344 g/mol. The number of nitrogens with one attached hydrogen (secondary N) is 3. The van der Waals surface area contributed by atoms with Crippen LogP contribution in [0.4, 0.5) is 4.79 Å². The maximum Gasteiger partial charge on any atom is 0.315 e. The summed E-state index contributed by atoms with van der Waals surface area (Å²) in [6, 6.07) is 8.26. The minimum atomic E-state index is -1.01. The number of hydrogen-bond acceptors (Lipinski definition) is 3. The summed E-state index contributed by atoms with van der Waals surface area (Å²) in [5, 5.41) is 8.06. The highest BCUT2D eigenvalue weighted by molar-refractivity contribution is 5.92. The fourth-order valence-corrected chi connectivity index (χ4v) is 2.61. The van der Waals surface area contributed by atoms with Gasteiger partial charge in [-0.25, -0.2) is 4.79 Å². The fourth-order valence-electron chi connectivity index (χ4n) is 2.61. The first-order chi connectivity index (χ1) is 13.0. The third-order valence-electron chi connectivity index (χ3n) is 4.39. The first-order valence-corrected chi connectivity index (χ1v) is 9.61. The number of unbranched alkanes of at least 4 members (excludes halogenated alkanes) is 3. The van der Waals surface area contributed by atoms with Crippen LogP contribution in [0.25, 0.3) is 0 Å². The third kappa shape index (κ3) is 9.08. The number of hydrogen-bond donors (Lipinski definition) is 4. The number of carbonyl (C=O) groups excluding carboxylic acids is 3. The molecule has 7 nitrogen and oxygen atoms in total. The molecule has 2 atom stereocenters. The van der Waals surface area contributed by atoms with E-state index in [0.717, 1.165) is 31.2 Å². The van der Waals surface area contributed by atoms with E-state index in [0.29, 0.717) is 19.5 Å². The van der Waals surface area contributed by atoms with E-state index in [1.807, 2.05) is 30.3 Å². The van der Waals surface area contributed by atoms with E-state index < -0.39 is 29.8 Å². The van der Waals surface area contributed by atoms with Crippen LogP contribution in [0.15, 0.2) is 30.3 Å². The van der Waals surface area contributed by atoms with Crippen LogP contribution in [0.5, 0.6) is 0 Å². The van der Waals surface area contributed by atoms with Crippen molar-refractivity contribution in [3.05, 3.63) is 35.9 Å². The maximum absolute atomic E-state index is 12.5. The number of urea groups is 1. The second kappa shape index (κ2) is 12.7. The minimum absolute atomic E-state index is 0.408. The summed E-state index contributed by atoms with van der Waals surface area (Å²) < 4.78 is 0. The second-order valence-corrected chi connectivity index (χ2v) is 6.66. The molecule has 0 aliphatic carbocycles. The number of rotatable bonds is 12. The van der Waals surface area contributed by atoms with Crippen molar-refractivity contribution < 1.29 is 14.4 Å². The molecule has 0 saturated carbocycles. The molecule has 0 radical (unpaired) electrons. The molecule has 4 amide bonds. The molecule has 0 aliphatic heterocycles. The molecule has 0 saturated heterocycles. The van der Waals surface area contributed by atoms with Gasteiger partial charge in [0.15, 0.2) is 0 Å². The fraction of sp³-hybridized carbons (Fsp3) is 0.550. The quantitative estimate of drug-likeness (QED) is 0.416. The molecule has 1 rings (SSSR count). The zero-order chi connectivity index (χ0) is 20.1. The van der Waals surface area contributed by atoms with Crippen molar-refractivity contribution in [2.45, 2.75) is 52.0 Å². The Morgan fingerprint density at radius 2 is 1.70 bits per heavy atom. The summed E-state index contributed by atoms with van der Waals surface area (Å²) in [6.07, 6.45) is 4.81. The van der Waals surface area contributed by atoms with Gasteiger partial charge in [-0.1, -0.05) is 63.4 Å². The molecule has 5 N–H and O–H groups in total. The van der Waals surface area contributed by atoms with E-state index in [1.165, 1.54) is 6.92 Å². The molecule has 0 spiro atoms. The van der Waals surface area contributed by atoms with E-state index >= 15 is 0 Å². The van der Waals surface area contributed by atoms with Gasteiger partial charge in [-0.05, 0) is 18.4 Å². The molecule has 0 aliphatic rings. The van der Waals surface area contributed by atoms with Gasteiger partial charge < -0.3 is 21.7 Å². The number of primary amides is 1. The number of carbonyl (C=O) groups is 3. The second-order valence-electron chi connectivity index (χ2n) is 6.66. The van der Waals surface area contributed by atoms with Gasteiger partial charge in [0, 0.05) is 13.1 Å². The van der Waals surface area contributed by atoms with E-state index in [4.69, 9.17) is 5.73 Å². The van der Waals surface area contributed by atoms with Crippen LogP contribution in [0.2, 0.25) is 0 Å². The average molecular weight is 377 g/mol. The van der Waals surface area contributed by atoms with Crippen molar-refractivity contribution in [2.75, 3.05) is 13.1 Å². The predicted octanol–water partition coefficient (Wildman–Crippen LogP) is 1.71. The lowest BCUT2D eigenvalue weighted by Gasteiger charge is -2.22. The molecule has 7 heteroatoms. The van der Waals surface area contributed by atoms with Crippen LogP contribution in [-0.4, -0.2) is 37.0 Å². The Bertz CT molecular complexity index is 592. The van der Waals surface area contributed by atoms with Gasteiger partial charge in [0.1, 0.15) is 6.04 Å². The van der Waals surface area contributed by atoms with Crippen LogP contribution in [0, 0.1) is 5.92 Å². The molecule has 1 unspecified atom stereocenters. The predicted molar refractivity (Wildman–Crippen MR) is 106 cm³/mol. The van der Waals surface area contributed by atoms with Crippen LogP contribution in [-0.2, 0) is 16.0 Å². The maximum atomic E-state index is 12.5. The first kappa shape index (κ1) is 22.5. The summed E-state index contributed by atoms with van der Waals surface area (Å²) in [5.74, 6) is -1.87. The zero-order valence-corrected chi connectivity index (χ0v) is 16.3. The lowest BCUT2D eigenvalue weighted by atomic mass is 10.0. The Hall–Kier alpha value is -2.57. The smallest absolute Gasteiger partial charge is 0.315 e. The summed E-state index contributed by atoms with van der Waals surface area (Å²) in [6.45, 7) is 4.59. The molecule has 1 aromatic carbocycles. The third-order valence-corrected chi connectivity index (χ3v) is 4.39. The van der Waals surface area contributed by atoms with Crippen molar-refractivity contribution in [1.29, 1.82) is 0 Å². The summed E-state index contributed by atoms with van der Waals surface area (Å²) in [7, 11) is 0. The van der Waals surface area contributed by atoms with E-state index in [-0.39, 0.29) is 0 Å². The van der Waals surface area contributed by atoms with E-state index in [1.54, 1.807) is 0 Å². The first-order valence-electron chi connectivity index (χ1n) is 9.61. The normalized spacial score (nSPS) is 12.7. The van der Waals surface area contributed by atoms with Crippen molar-refractivity contribution in [2.24, 2.45) is 11.7 Å². The summed E-state index contributed by atoms with van der Waals surface area (Å²) in [4.78, 5) is 36.1. The minimum Gasteiger partial charge on any atom is -0.369 e.